The molecule has 0 saturated carbocycles. The van der Waals surface area contributed by atoms with Gasteiger partial charge in [-0.3, -0.25) is 4.79 Å². The molecule has 2 N–H and O–H groups in total. The summed E-state index contributed by atoms with van der Waals surface area (Å²) >= 11 is 1.63. The first-order chi connectivity index (χ1) is 10.6. The van der Waals surface area contributed by atoms with Crippen LogP contribution in [0, 0.1) is 12.8 Å². The topological polar surface area (TPSA) is 54.0 Å². The summed E-state index contributed by atoms with van der Waals surface area (Å²) in [6.07, 6.45) is 2.04. The minimum absolute atomic E-state index is 0.0539. The van der Waals surface area contributed by atoms with Crippen molar-refractivity contribution < 1.29 is 4.79 Å². The average Bonchev–Trinajstić information content (AvgIpc) is 2.94. The van der Waals surface area contributed by atoms with Gasteiger partial charge in [0.15, 0.2) is 0 Å². The number of piperidine rings is 1. The van der Waals surface area contributed by atoms with E-state index in [2.05, 4.69) is 22.5 Å². The molecule has 2 aromatic rings. The van der Waals surface area contributed by atoms with Crippen LogP contribution in [0.4, 0.5) is 5.69 Å². The van der Waals surface area contributed by atoms with Crippen LogP contribution in [0.15, 0.2) is 29.6 Å². The van der Waals surface area contributed by atoms with Crippen molar-refractivity contribution in [2.75, 3.05) is 11.9 Å². The van der Waals surface area contributed by atoms with Crippen LogP contribution < -0.4 is 10.6 Å². The summed E-state index contributed by atoms with van der Waals surface area (Å²) in [5.74, 6) is 0.652. The number of amides is 1. The lowest BCUT2D eigenvalue weighted by atomic mass is 9.94. The molecular weight excluding hydrogens is 294 g/mol. The van der Waals surface area contributed by atoms with E-state index in [0.29, 0.717) is 5.92 Å². The first kappa shape index (κ1) is 15.2. The van der Waals surface area contributed by atoms with Crippen molar-refractivity contribution >= 4 is 22.9 Å². The molecule has 1 aromatic carbocycles. The van der Waals surface area contributed by atoms with E-state index in [0.717, 1.165) is 41.3 Å². The molecule has 2 heterocycles. The Kier molecular flexibility index (Phi) is 4.55. The van der Waals surface area contributed by atoms with Gasteiger partial charge in [0.05, 0.1) is 16.7 Å². The van der Waals surface area contributed by atoms with E-state index in [1.165, 1.54) is 0 Å². The number of hydrogen-bond donors (Lipinski definition) is 2. The van der Waals surface area contributed by atoms with Gasteiger partial charge in [0.2, 0.25) is 5.91 Å². The van der Waals surface area contributed by atoms with Gasteiger partial charge in [-0.2, -0.15) is 0 Å². The second-order valence-electron chi connectivity index (χ2n) is 5.96. The highest BCUT2D eigenvalue weighted by atomic mass is 32.1. The summed E-state index contributed by atoms with van der Waals surface area (Å²) in [5.41, 5.74) is 2.82. The predicted molar refractivity (Wildman–Crippen MR) is 91.1 cm³/mol. The molecule has 0 spiro atoms. The smallest absolute Gasteiger partial charge is 0.241 e. The molecule has 0 aliphatic carbocycles. The highest BCUT2D eigenvalue weighted by Gasteiger charge is 2.24. The van der Waals surface area contributed by atoms with E-state index < -0.39 is 0 Å². The monoisotopic (exact) mass is 315 g/mol. The Morgan fingerprint density at radius 1 is 1.45 bits per heavy atom. The van der Waals surface area contributed by atoms with Crippen molar-refractivity contribution in [3.63, 3.8) is 0 Å². The van der Waals surface area contributed by atoms with E-state index in [1.54, 1.807) is 11.3 Å². The van der Waals surface area contributed by atoms with Crippen molar-refractivity contribution in [2.24, 2.45) is 5.92 Å². The van der Waals surface area contributed by atoms with Crippen LogP contribution in [0.1, 0.15) is 24.8 Å². The van der Waals surface area contributed by atoms with E-state index in [-0.39, 0.29) is 11.9 Å². The standard InChI is InChI=1S/C17H21N3OS/c1-11-6-7-18-15(8-11)17(21)20-14-5-3-4-13(9-14)16-10-22-12(2)19-16/h3-5,9-11,15,18H,6-8H2,1-2H3,(H,20,21). The molecule has 116 valence electrons. The minimum Gasteiger partial charge on any atom is -0.325 e. The van der Waals surface area contributed by atoms with Gasteiger partial charge in [0.25, 0.3) is 0 Å². The number of carbonyl (C=O) groups excluding carboxylic acids is 1. The summed E-state index contributed by atoms with van der Waals surface area (Å²) in [6, 6.07) is 7.79. The summed E-state index contributed by atoms with van der Waals surface area (Å²) in [6.45, 7) is 5.11. The fraction of sp³-hybridized carbons (Fsp3) is 0.412. The third-order valence-corrected chi connectivity index (χ3v) is 4.80. The lowest BCUT2D eigenvalue weighted by Gasteiger charge is -2.27. The molecule has 1 amide bonds. The number of aromatic nitrogens is 1. The first-order valence-electron chi connectivity index (χ1n) is 7.68. The van der Waals surface area contributed by atoms with Crippen LogP contribution in [0.3, 0.4) is 0 Å². The summed E-state index contributed by atoms with van der Waals surface area (Å²) in [7, 11) is 0. The zero-order valence-corrected chi connectivity index (χ0v) is 13.7. The number of aryl methyl sites for hydroxylation is 1. The number of rotatable bonds is 3. The number of benzene rings is 1. The Bertz CT molecular complexity index is 667. The van der Waals surface area contributed by atoms with Gasteiger partial charge < -0.3 is 10.6 Å². The lowest BCUT2D eigenvalue weighted by molar-refractivity contribution is -0.119. The fourth-order valence-corrected chi connectivity index (χ4v) is 3.41. The number of hydrogen-bond acceptors (Lipinski definition) is 4. The molecule has 1 aliphatic rings. The zero-order chi connectivity index (χ0) is 15.5. The minimum atomic E-state index is -0.0890. The van der Waals surface area contributed by atoms with Gasteiger partial charge in [-0.05, 0) is 44.4 Å². The molecule has 22 heavy (non-hydrogen) atoms. The Hall–Kier alpha value is -1.72. The van der Waals surface area contributed by atoms with E-state index in [9.17, 15) is 4.79 Å². The van der Waals surface area contributed by atoms with Crippen molar-refractivity contribution in [3.05, 3.63) is 34.7 Å². The fourth-order valence-electron chi connectivity index (χ4n) is 2.79. The maximum atomic E-state index is 12.4. The van der Waals surface area contributed by atoms with Gasteiger partial charge in [0.1, 0.15) is 0 Å². The lowest BCUT2D eigenvalue weighted by Crippen LogP contribution is -2.45. The second kappa shape index (κ2) is 6.58. The SMILES string of the molecule is Cc1nc(-c2cccc(NC(=O)C3CC(C)CCN3)c2)cs1. The predicted octanol–water partition coefficient (Wildman–Crippen LogP) is 3.45. The summed E-state index contributed by atoms with van der Waals surface area (Å²) < 4.78 is 0. The highest BCUT2D eigenvalue weighted by molar-refractivity contribution is 7.09. The Morgan fingerprint density at radius 2 is 2.32 bits per heavy atom. The van der Waals surface area contributed by atoms with Crippen LogP contribution >= 0.6 is 11.3 Å². The van der Waals surface area contributed by atoms with Gasteiger partial charge in [0, 0.05) is 16.6 Å². The molecule has 2 atom stereocenters. The molecule has 3 rings (SSSR count). The maximum Gasteiger partial charge on any atom is 0.241 e. The summed E-state index contributed by atoms with van der Waals surface area (Å²) in [5, 5.41) is 9.41. The molecule has 0 bridgehead atoms. The van der Waals surface area contributed by atoms with Crippen LogP contribution in [-0.4, -0.2) is 23.5 Å². The molecule has 2 unspecified atom stereocenters. The second-order valence-corrected chi connectivity index (χ2v) is 7.02. The van der Waals surface area contributed by atoms with E-state index >= 15 is 0 Å². The first-order valence-corrected chi connectivity index (χ1v) is 8.56. The Morgan fingerprint density at radius 3 is 3.05 bits per heavy atom. The van der Waals surface area contributed by atoms with Crippen molar-refractivity contribution in [1.29, 1.82) is 0 Å². The zero-order valence-electron chi connectivity index (χ0n) is 12.9. The molecular formula is C17H21N3OS. The highest BCUT2D eigenvalue weighted by Crippen LogP contribution is 2.24. The van der Waals surface area contributed by atoms with Gasteiger partial charge in [-0.25, -0.2) is 4.98 Å². The molecule has 4 nitrogen and oxygen atoms in total. The third kappa shape index (κ3) is 3.54. The molecule has 1 aromatic heterocycles. The number of nitrogens with one attached hydrogen (secondary N) is 2. The Labute approximate surface area is 135 Å². The van der Waals surface area contributed by atoms with Crippen LogP contribution in [0.2, 0.25) is 0 Å². The van der Waals surface area contributed by atoms with E-state index in [1.807, 2.05) is 36.6 Å². The molecule has 5 heteroatoms. The van der Waals surface area contributed by atoms with E-state index in [4.69, 9.17) is 0 Å². The number of thiazole rings is 1. The normalized spacial score (nSPS) is 21.5. The quantitative estimate of drug-likeness (QED) is 0.912. The molecule has 1 saturated heterocycles. The molecule has 1 fully saturated rings. The van der Waals surface area contributed by atoms with Crippen LogP contribution in [0.25, 0.3) is 11.3 Å². The average molecular weight is 315 g/mol. The van der Waals surface area contributed by atoms with Crippen LogP contribution in [0.5, 0.6) is 0 Å². The molecule has 1 aliphatic heterocycles. The number of carbonyl (C=O) groups is 1. The van der Waals surface area contributed by atoms with Gasteiger partial charge in [-0.15, -0.1) is 11.3 Å². The van der Waals surface area contributed by atoms with Crippen molar-refractivity contribution in [2.45, 2.75) is 32.7 Å². The molecule has 0 radical (unpaired) electrons. The summed E-state index contributed by atoms with van der Waals surface area (Å²) in [4.78, 5) is 16.9. The number of nitrogens with zero attached hydrogens (tertiary/aromatic N) is 1. The van der Waals surface area contributed by atoms with Gasteiger partial charge in [-0.1, -0.05) is 19.1 Å². The number of anilines is 1. The van der Waals surface area contributed by atoms with Crippen molar-refractivity contribution in [3.8, 4) is 11.3 Å². The third-order valence-electron chi connectivity index (χ3n) is 4.03. The van der Waals surface area contributed by atoms with Crippen LogP contribution in [-0.2, 0) is 4.79 Å². The Balaban J connectivity index is 1.71. The van der Waals surface area contributed by atoms with Gasteiger partial charge >= 0.3 is 0 Å². The largest absolute Gasteiger partial charge is 0.325 e. The van der Waals surface area contributed by atoms with Crippen molar-refractivity contribution in [1.82, 2.24) is 10.3 Å². The maximum absolute atomic E-state index is 12.4.